The first-order valence-corrected chi connectivity index (χ1v) is 12.1. The Morgan fingerprint density at radius 3 is 2.78 bits per heavy atom. The standard InChI is InChI=1S/C19H18BrFN2O2S2/c1-12-4-2-3-5-13(12)9-26-19-22-16-10-27(24,25)11-18(16)23(19)17-7-6-14(20)8-15(17)21/h2-8,16,18H,9-11H2,1H3/t16-,18+/m1/s1. The van der Waals surface area contributed by atoms with Gasteiger partial charge in [-0.05, 0) is 36.2 Å². The summed E-state index contributed by atoms with van der Waals surface area (Å²) in [6.45, 7) is 2.06. The molecule has 1 saturated heterocycles. The Labute approximate surface area is 170 Å². The minimum absolute atomic E-state index is 0.00505. The predicted molar refractivity (Wildman–Crippen MR) is 113 cm³/mol. The normalized spacial score (nSPS) is 23.4. The molecule has 0 spiro atoms. The summed E-state index contributed by atoms with van der Waals surface area (Å²) in [5, 5.41) is 0.685. The Kier molecular flexibility index (Phi) is 5.07. The molecular weight excluding hydrogens is 451 g/mol. The third kappa shape index (κ3) is 3.79. The number of thioether (sulfide) groups is 1. The number of aryl methyl sites for hydroxylation is 1. The lowest BCUT2D eigenvalue weighted by atomic mass is 10.1. The van der Waals surface area contributed by atoms with Crippen molar-refractivity contribution in [1.29, 1.82) is 0 Å². The molecule has 1 fully saturated rings. The van der Waals surface area contributed by atoms with Gasteiger partial charge in [0.2, 0.25) is 0 Å². The van der Waals surface area contributed by atoms with Gasteiger partial charge in [-0.15, -0.1) is 0 Å². The number of aliphatic imine (C=N–C) groups is 1. The summed E-state index contributed by atoms with van der Waals surface area (Å²) >= 11 is 4.80. The van der Waals surface area contributed by atoms with Crippen molar-refractivity contribution >= 4 is 48.4 Å². The monoisotopic (exact) mass is 468 g/mol. The number of fused-ring (bicyclic) bond motifs is 1. The molecule has 142 valence electrons. The number of rotatable bonds is 3. The van der Waals surface area contributed by atoms with Crippen LogP contribution >= 0.6 is 27.7 Å². The summed E-state index contributed by atoms with van der Waals surface area (Å²) in [6, 6.07) is 12.3. The molecular formula is C19H18BrFN2O2S2. The van der Waals surface area contributed by atoms with Crippen LogP contribution in [-0.4, -0.2) is 37.2 Å². The number of hydrogen-bond acceptors (Lipinski definition) is 5. The molecule has 8 heteroatoms. The van der Waals surface area contributed by atoms with Crippen LogP contribution in [0.4, 0.5) is 10.1 Å². The van der Waals surface area contributed by atoms with Crippen LogP contribution in [0.3, 0.4) is 0 Å². The largest absolute Gasteiger partial charge is 0.312 e. The maximum atomic E-state index is 14.7. The number of nitrogens with zero attached hydrogens (tertiary/aromatic N) is 2. The van der Waals surface area contributed by atoms with E-state index in [0.717, 1.165) is 0 Å². The number of anilines is 1. The smallest absolute Gasteiger partial charge is 0.164 e. The van der Waals surface area contributed by atoms with E-state index in [4.69, 9.17) is 0 Å². The number of hydrogen-bond donors (Lipinski definition) is 0. The summed E-state index contributed by atoms with van der Waals surface area (Å²) in [4.78, 5) is 6.44. The Bertz CT molecular complexity index is 1030. The average molecular weight is 469 g/mol. The van der Waals surface area contributed by atoms with Crippen LogP contribution in [0.25, 0.3) is 0 Å². The number of halogens is 2. The van der Waals surface area contributed by atoms with Gasteiger partial charge in [0.1, 0.15) is 5.82 Å². The molecule has 2 aromatic carbocycles. The van der Waals surface area contributed by atoms with Gasteiger partial charge in [-0.3, -0.25) is 4.99 Å². The van der Waals surface area contributed by atoms with Crippen molar-refractivity contribution in [2.24, 2.45) is 4.99 Å². The zero-order valence-corrected chi connectivity index (χ0v) is 17.8. The van der Waals surface area contributed by atoms with Crippen molar-refractivity contribution in [1.82, 2.24) is 0 Å². The van der Waals surface area contributed by atoms with E-state index < -0.39 is 15.7 Å². The van der Waals surface area contributed by atoms with E-state index >= 15 is 0 Å². The van der Waals surface area contributed by atoms with Crippen molar-refractivity contribution in [3.63, 3.8) is 0 Å². The zero-order valence-electron chi connectivity index (χ0n) is 14.6. The molecule has 0 unspecified atom stereocenters. The maximum absolute atomic E-state index is 14.7. The van der Waals surface area contributed by atoms with E-state index in [1.54, 1.807) is 17.0 Å². The van der Waals surface area contributed by atoms with Crippen molar-refractivity contribution in [2.75, 3.05) is 16.4 Å². The Morgan fingerprint density at radius 1 is 1.26 bits per heavy atom. The molecule has 4 nitrogen and oxygen atoms in total. The molecule has 0 aromatic heterocycles. The van der Waals surface area contributed by atoms with Gasteiger partial charge in [-0.25, -0.2) is 12.8 Å². The van der Waals surface area contributed by atoms with Crippen LogP contribution in [0.2, 0.25) is 0 Å². The second kappa shape index (κ2) is 7.22. The summed E-state index contributed by atoms with van der Waals surface area (Å²) in [7, 11) is -3.15. The number of benzene rings is 2. The van der Waals surface area contributed by atoms with Crippen molar-refractivity contribution < 1.29 is 12.8 Å². The second-order valence-corrected chi connectivity index (χ2v) is 10.8. The van der Waals surface area contributed by atoms with Crippen molar-refractivity contribution in [3.8, 4) is 0 Å². The molecule has 2 atom stereocenters. The third-order valence-electron chi connectivity index (χ3n) is 4.89. The first-order valence-electron chi connectivity index (χ1n) is 8.54. The Balaban J connectivity index is 1.66. The van der Waals surface area contributed by atoms with E-state index in [-0.39, 0.29) is 23.6 Å². The van der Waals surface area contributed by atoms with E-state index in [2.05, 4.69) is 40.0 Å². The highest BCUT2D eigenvalue weighted by molar-refractivity contribution is 9.10. The lowest BCUT2D eigenvalue weighted by molar-refractivity contribution is 0.600. The molecule has 0 radical (unpaired) electrons. The fraction of sp³-hybridized carbons (Fsp3) is 0.316. The van der Waals surface area contributed by atoms with Crippen LogP contribution < -0.4 is 4.90 Å². The van der Waals surface area contributed by atoms with Crippen LogP contribution in [0, 0.1) is 12.7 Å². The molecule has 2 aliphatic heterocycles. The highest BCUT2D eigenvalue weighted by Crippen LogP contribution is 2.37. The van der Waals surface area contributed by atoms with Crippen LogP contribution in [0.1, 0.15) is 11.1 Å². The summed E-state index contributed by atoms with van der Waals surface area (Å²) in [5.41, 5.74) is 2.75. The first kappa shape index (κ1) is 19.0. The van der Waals surface area contributed by atoms with Gasteiger partial charge < -0.3 is 4.90 Å². The van der Waals surface area contributed by atoms with E-state index in [1.807, 2.05) is 12.1 Å². The molecule has 0 saturated carbocycles. The highest BCUT2D eigenvalue weighted by atomic mass is 79.9. The van der Waals surface area contributed by atoms with E-state index in [9.17, 15) is 12.8 Å². The maximum Gasteiger partial charge on any atom is 0.164 e. The van der Waals surface area contributed by atoms with E-state index in [1.165, 1.54) is 29.0 Å². The molecule has 27 heavy (non-hydrogen) atoms. The summed E-state index contributed by atoms with van der Waals surface area (Å²) in [6.07, 6.45) is 0. The molecule has 2 heterocycles. The van der Waals surface area contributed by atoms with Gasteiger partial charge in [0.05, 0.1) is 29.3 Å². The highest BCUT2D eigenvalue weighted by Gasteiger charge is 2.47. The fourth-order valence-electron chi connectivity index (χ4n) is 3.51. The van der Waals surface area contributed by atoms with Gasteiger partial charge in [0.15, 0.2) is 15.0 Å². The molecule has 4 rings (SSSR count). The molecule has 0 aliphatic carbocycles. The first-order chi connectivity index (χ1) is 12.8. The lowest BCUT2D eigenvalue weighted by Crippen LogP contribution is -2.39. The van der Waals surface area contributed by atoms with Crippen LogP contribution in [0.15, 0.2) is 51.9 Å². The SMILES string of the molecule is Cc1ccccc1CSC1=N[C@@H]2CS(=O)(=O)C[C@@H]2N1c1ccc(Br)cc1F. The molecule has 2 aromatic rings. The minimum Gasteiger partial charge on any atom is -0.312 e. The van der Waals surface area contributed by atoms with E-state index in [0.29, 0.717) is 21.1 Å². The molecule has 2 aliphatic rings. The summed E-state index contributed by atoms with van der Waals surface area (Å²) < 4.78 is 39.5. The minimum atomic E-state index is -3.15. The van der Waals surface area contributed by atoms with Gasteiger partial charge >= 0.3 is 0 Å². The van der Waals surface area contributed by atoms with Gasteiger partial charge in [0, 0.05) is 10.2 Å². The fourth-order valence-corrected chi connectivity index (χ4v) is 6.87. The molecule has 0 bridgehead atoms. The van der Waals surface area contributed by atoms with Gasteiger partial charge in [0.25, 0.3) is 0 Å². The number of amidine groups is 1. The topological polar surface area (TPSA) is 49.7 Å². The molecule has 0 N–H and O–H groups in total. The Morgan fingerprint density at radius 2 is 2.04 bits per heavy atom. The molecule has 0 amide bonds. The zero-order chi connectivity index (χ0) is 19.2. The van der Waals surface area contributed by atoms with Crippen molar-refractivity contribution in [2.45, 2.75) is 24.8 Å². The third-order valence-corrected chi connectivity index (χ3v) is 8.10. The van der Waals surface area contributed by atoms with Gasteiger partial charge in [-0.2, -0.15) is 0 Å². The lowest BCUT2D eigenvalue weighted by Gasteiger charge is -2.27. The van der Waals surface area contributed by atoms with Crippen LogP contribution in [0.5, 0.6) is 0 Å². The Hall–Kier alpha value is -1.38. The van der Waals surface area contributed by atoms with Crippen molar-refractivity contribution in [3.05, 3.63) is 63.9 Å². The second-order valence-electron chi connectivity index (χ2n) is 6.80. The predicted octanol–water partition coefficient (Wildman–Crippen LogP) is 4.17. The van der Waals surface area contributed by atoms with Gasteiger partial charge in [-0.1, -0.05) is 52.0 Å². The number of sulfone groups is 1. The van der Waals surface area contributed by atoms with Crippen LogP contribution in [-0.2, 0) is 15.6 Å². The summed E-state index contributed by atoms with van der Waals surface area (Å²) in [5.74, 6) is 0.344. The average Bonchev–Trinajstić information content (AvgIpc) is 3.06. The quantitative estimate of drug-likeness (QED) is 0.677.